The Balaban J connectivity index is 1.99. The molecule has 0 unspecified atom stereocenters. The molecule has 0 N–H and O–H groups in total. The van der Waals surface area contributed by atoms with E-state index in [2.05, 4.69) is 37.3 Å². The second-order valence-corrected chi connectivity index (χ2v) is 6.65. The number of carbonyl (C=O) groups excluding carboxylic acids is 1. The van der Waals surface area contributed by atoms with Gasteiger partial charge in [-0.2, -0.15) is 0 Å². The van der Waals surface area contributed by atoms with Crippen LogP contribution >= 0.6 is 11.8 Å². The largest absolute Gasteiger partial charge is 0.315 e. The lowest BCUT2D eigenvalue weighted by atomic mass is 9.96. The van der Waals surface area contributed by atoms with E-state index in [1.54, 1.807) is 0 Å². The average Bonchev–Trinajstić information content (AvgIpc) is 3.01. The topological polar surface area (TPSA) is 20.3 Å². The minimum atomic E-state index is -0.304. The van der Waals surface area contributed by atoms with Gasteiger partial charge < -0.3 is 4.90 Å². The summed E-state index contributed by atoms with van der Waals surface area (Å²) in [6, 6.07) is 16.6. The van der Waals surface area contributed by atoms with Crippen molar-refractivity contribution >= 4 is 17.7 Å². The summed E-state index contributed by atoms with van der Waals surface area (Å²) >= 11 is 1.87. The molecule has 2 aliphatic heterocycles. The smallest absolute Gasteiger partial charge is 0.255 e. The molecule has 0 saturated carbocycles. The number of aryl methyl sites for hydroxylation is 1. The molecule has 1 atom stereocenters. The van der Waals surface area contributed by atoms with Crippen LogP contribution in [0.2, 0.25) is 0 Å². The molecule has 1 fully saturated rings. The first kappa shape index (κ1) is 12.0. The molecule has 2 nitrogen and oxygen atoms in total. The van der Waals surface area contributed by atoms with Crippen molar-refractivity contribution in [1.29, 1.82) is 0 Å². The van der Waals surface area contributed by atoms with Crippen LogP contribution in [0.1, 0.15) is 27.0 Å². The number of thioether (sulfide) groups is 1. The number of fused-ring (bicyclic) bond motifs is 3. The van der Waals surface area contributed by atoms with E-state index in [1.807, 2.05) is 34.9 Å². The molecule has 20 heavy (non-hydrogen) atoms. The van der Waals surface area contributed by atoms with Crippen LogP contribution in [0.25, 0.3) is 0 Å². The molecule has 0 bridgehead atoms. The minimum absolute atomic E-state index is 0.172. The van der Waals surface area contributed by atoms with E-state index >= 15 is 0 Å². The van der Waals surface area contributed by atoms with Gasteiger partial charge in [-0.15, -0.1) is 11.8 Å². The summed E-state index contributed by atoms with van der Waals surface area (Å²) in [6.45, 7) is 2.92. The molecular weight excluding hydrogens is 266 g/mol. The first-order valence-electron chi connectivity index (χ1n) is 6.86. The number of hydrogen-bond donors (Lipinski definition) is 0. The van der Waals surface area contributed by atoms with Crippen molar-refractivity contribution in [2.45, 2.75) is 11.8 Å². The summed E-state index contributed by atoms with van der Waals surface area (Å²) < 4.78 is 0. The lowest BCUT2D eigenvalue weighted by Gasteiger charge is -2.32. The van der Waals surface area contributed by atoms with E-state index in [9.17, 15) is 4.79 Å². The highest BCUT2D eigenvalue weighted by Gasteiger charge is 2.54. The van der Waals surface area contributed by atoms with Gasteiger partial charge in [-0.25, -0.2) is 0 Å². The van der Waals surface area contributed by atoms with Crippen LogP contribution in [0, 0.1) is 6.92 Å². The number of carbonyl (C=O) groups is 1. The Bertz CT molecular complexity index is 694. The lowest BCUT2D eigenvalue weighted by Crippen LogP contribution is -2.37. The van der Waals surface area contributed by atoms with E-state index in [4.69, 9.17) is 0 Å². The number of hydrogen-bond acceptors (Lipinski definition) is 2. The molecule has 0 radical (unpaired) electrons. The summed E-state index contributed by atoms with van der Waals surface area (Å²) in [5.74, 6) is 1.17. The molecule has 1 amide bonds. The molecule has 2 heterocycles. The Kier molecular flexibility index (Phi) is 2.48. The molecule has 1 saturated heterocycles. The second-order valence-electron chi connectivity index (χ2n) is 5.36. The van der Waals surface area contributed by atoms with Gasteiger partial charge in [-0.3, -0.25) is 4.79 Å². The fraction of sp³-hybridized carbons (Fsp3) is 0.235. The average molecular weight is 281 g/mol. The molecule has 2 aliphatic rings. The van der Waals surface area contributed by atoms with Crippen LogP contribution < -0.4 is 0 Å². The summed E-state index contributed by atoms with van der Waals surface area (Å²) in [5, 5.41) is 0. The first-order valence-corrected chi connectivity index (χ1v) is 7.84. The number of amides is 1. The maximum Gasteiger partial charge on any atom is 0.255 e. The second kappa shape index (κ2) is 4.13. The van der Waals surface area contributed by atoms with Crippen LogP contribution in [0.4, 0.5) is 0 Å². The summed E-state index contributed by atoms with van der Waals surface area (Å²) in [6.07, 6.45) is 0. The van der Waals surface area contributed by atoms with Gasteiger partial charge in [0.25, 0.3) is 5.91 Å². The number of nitrogens with zero attached hydrogens (tertiary/aromatic N) is 1. The van der Waals surface area contributed by atoms with Crippen molar-refractivity contribution in [3.05, 3.63) is 70.8 Å². The van der Waals surface area contributed by atoms with Crippen molar-refractivity contribution in [3.63, 3.8) is 0 Å². The zero-order valence-corrected chi connectivity index (χ0v) is 12.1. The molecule has 3 heteroatoms. The first-order chi connectivity index (χ1) is 9.73. The van der Waals surface area contributed by atoms with Gasteiger partial charge in [0.1, 0.15) is 4.87 Å². The van der Waals surface area contributed by atoms with Gasteiger partial charge in [0, 0.05) is 23.4 Å². The molecule has 4 rings (SSSR count). The Morgan fingerprint density at radius 3 is 2.65 bits per heavy atom. The van der Waals surface area contributed by atoms with E-state index in [1.165, 1.54) is 11.1 Å². The normalized spacial score (nSPS) is 23.9. The Hall–Kier alpha value is -1.74. The Labute approximate surface area is 122 Å². The van der Waals surface area contributed by atoms with Crippen molar-refractivity contribution in [2.75, 3.05) is 12.3 Å². The Morgan fingerprint density at radius 1 is 1.10 bits per heavy atom. The van der Waals surface area contributed by atoms with Crippen molar-refractivity contribution in [3.8, 4) is 0 Å². The summed E-state index contributed by atoms with van der Waals surface area (Å²) in [5.41, 5.74) is 4.47. The zero-order valence-electron chi connectivity index (χ0n) is 11.3. The highest BCUT2D eigenvalue weighted by molar-refractivity contribution is 8.00. The Morgan fingerprint density at radius 2 is 1.85 bits per heavy atom. The molecule has 0 aliphatic carbocycles. The molecule has 2 aromatic carbocycles. The minimum Gasteiger partial charge on any atom is -0.315 e. The van der Waals surface area contributed by atoms with E-state index in [0.29, 0.717) is 0 Å². The van der Waals surface area contributed by atoms with Crippen LogP contribution in [0.3, 0.4) is 0 Å². The van der Waals surface area contributed by atoms with Crippen LogP contribution in [-0.2, 0) is 4.87 Å². The third kappa shape index (κ3) is 1.39. The highest BCUT2D eigenvalue weighted by atomic mass is 32.2. The van der Waals surface area contributed by atoms with Crippen molar-refractivity contribution < 1.29 is 4.79 Å². The molecule has 0 spiro atoms. The molecular formula is C17H15NOS. The third-order valence-electron chi connectivity index (χ3n) is 4.22. The predicted molar refractivity (Wildman–Crippen MR) is 81.9 cm³/mol. The van der Waals surface area contributed by atoms with Crippen LogP contribution in [-0.4, -0.2) is 23.1 Å². The maximum atomic E-state index is 12.6. The van der Waals surface area contributed by atoms with Crippen molar-refractivity contribution in [2.24, 2.45) is 0 Å². The van der Waals surface area contributed by atoms with E-state index in [0.717, 1.165) is 23.4 Å². The standard InChI is InChI=1S/C17H15NOS/c1-12-6-8-13(9-7-12)17-15-5-3-2-4-14(15)16(19)18(17)10-11-20-17/h2-9H,10-11H2,1H3/t17-/m0/s1. The number of benzene rings is 2. The van der Waals surface area contributed by atoms with Crippen molar-refractivity contribution in [1.82, 2.24) is 4.90 Å². The summed E-state index contributed by atoms with van der Waals surface area (Å²) in [4.78, 5) is 14.4. The van der Waals surface area contributed by atoms with Gasteiger partial charge in [0.2, 0.25) is 0 Å². The zero-order chi connectivity index (χ0) is 13.7. The van der Waals surface area contributed by atoms with Gasteiger partial charge in [-0.05, 0) is 18.6 Å². The fourth-order valence-electron chi connectivity index (χ4n) is 3.27. The third-order valence-corrected chi connectivity index (χ3v) is 5.70. The predicted octanol–water partition coefficient (Wildman–Crippen LogP) is 3.40. The summed E-state index contributed by atoms with van der Waals surface area (Å²) in [7, 11) is 0. The molecule has 0 aromatic heterocycles. The maximum absolute atomic E-state index is 12.6. The molecule has 2 aromatic rings. The van der Waals surface area contributed by atoms with E-state index in [-0.39, 0.29) is 10.8 Å². The van der Waals surface area contributed by atoms with Gasteiger partial charge in [-0.1, -0.05) is 48.0 Å². The van der Waals surface area contributed by atoms with Gasteiger partial charge >= 0.3 is 0 Å². The number of rotatable bonds is 1. The monoisotopic (exact) mass is 281 g/mol. The fourth-order valence-corrected chi connectivity index (χ4v) is 4.81. The van der Waals surface area contributed by atoms with Crippen LogP contribution in [0.5, 0.6) is 0 Å². The van der Waals surface area contributed by atoms with Crippen LogP contribution in [0.15, 0.2) is 48.5 Å². The molecule has 100 valence electrons. The van der Waals surface area contributed by atoms with Gasteiger partial charge in [0.15, 0.2) is 0 Å². The van der Waals surface area contributed by atoms with Gasteiger partial charge in [0.05, 0.1) is 0 Å². The quantitative estimate of drug-likeness (QED) is 0.798. The highest BCUT2D eigenvalue weighted by Crippen LogP contribution is 2.55. The van der Waals surface area contributed by atoms with E-state index < -0.39 is 0 Å². The SMILES string of the molecule is Cc1ccc([C@@]23SCCN2C(=O)c2ccccc23)cc1. The lowest BCUT2D eigenvalue weighted by molar-refractivity contribution is 0.0752.